The van der Waals surface area contributed by atoms with Crippen LogP contribution in [0.15, 0.2) is 18.2 Å². The monoisotopic (exact) mass is 310 g/mol. The van der Waals surface area contributed by atoms with Gasteiger partial charge in [0, 0.05) is 0 Å². The minimum atomic E-state index is -4.88. The van der Waals surface area contributed by atoms with Crippen LogP contribution in [0, 0.1) is 11.8 Å². The van der Waals surface area contributed by atoms with Crippen LogP contribution in [-0.2, 0) is 18.0 Å². The van der Waals surface area contributed by atoms with Crippen LogP contribution in [0.3, 0.4) is 0 Å². The molecular weight excluding hydrogens is 298 g/mol. The highest BCUT2D eigenvalue weighted by Gasteiger charge is 2.55. The average molecular weight is 310 g/mol. The predicted octanol–water partition coefficient (Wildman–Crippen LogP) is 4.34. The summed E-state index contributed by atoms with van der Waals surface area (Å²) in [6.45, 7) is 0. The fourth-order valence-electron chi connectivity index (χ4n) is 3.46. The summed E-state index contributed by atoms with van der Waals surface area (Å²) in [7, 11) is 0. The van der Waals surface area contributed by atoms with Crippen LogP contribution in [0.25, 0.3) is 0 Å². The first kappa shape index (κ1) is 14.7. The van der Waals surface area contributed by atoms with Crippen molar-refractivity contribution in [2.24, 2.45) is 11.8 Å². The van der Waals surface area contributed by atoms with Crippen LogP contribution in [0.1, 0.15) is 36.0 Å². The highest BCUT2D eigenvalue weighted by atomic mass is 19.4. The van der Waals surface area contributed by atoms with Gasteiger partial charge in [-0.05, 0) is 54.9 Å². The topological polar surface area (TPSA) is 20.2 Å². The molecule has 1 unspecified atom stereocenters. The van der Waals surface area contributed by atoms with Gasteiger partial charge in [-0.15, -0.1) is 0 Å². The summed E-state index contributed by atoms with van der Waals surface area (Å²) in [5, 5.41) is 10.5. The van der Waals surface area contributed by atoms with Crippen molar-refractivity contribution in [1.82, 2.24) is 0 Å². The van der Waals surface area contributed by atoms with E-state index in [9.17, 15) is 31.4 Å². The summed E-state index contributed by atoms with van der Waals surface area (Å²) in [5.41, 5.74) is -4.57. The predicted molar refractivity (Wildman–Crippen MR) is 61.2 cm³/mol. The molecule has 21 heavy (non-hydrogen) atoms. The molecule has 1 nitrogen and oxygen atoms in total. The minimum Gasteiger partial charge on any atom is -0.385 e. The Kier molecular flexibility index (Phi) is 2.90. The van der Waals surface area contributed by atoms with Crippen molar-refractivity contribution < 1.29 is 31.4 Å². The molecule has 0 aromatic heterocycles. The van der Waals surface area contributed by atoms with Gasteiger partial charge in [0.2, 0.25) is 0 Å². The Morgan fingerprint density at radius 1 is 0.905 bits per heavy atom. The number of fused-ring (bicyclic) bond motifs is 1. The van der Waals surface area contributed by atoms with E-state index in [-0.39, 0.29) is 29.9 Å². The lowest BCUT2D eigenvalue weighted by Gasteiger charge is -2.31. The second-order valence-electron chi connectivity index (χ2n) is 5.96. The van der Waals surface area contributed by atoms with Gasteiger partial charge in [0.25, 0.3) is 0 Å². The Morgan fingerprint density at radius 3 is 1.71 bits per heavy atom. The molecule has 3 aliphatic carbocycles. The first-order valence-electron chi connectivity index (χ1n) is 6.52. The minimum absolute atomic E-state index is 0.0895. The highest BCUT2D eigenvalue weighted by molar-refractivity contribution is 5.38. The number of halogens is 6. The molecule has 116 valence electrons. The maximum atomic E-state index is 12.8. The lowest BCUT2D eigenvalue weighted by atomic mass is 9.78. The molecule has 0 spiro atoms. The van der Waals surface area contributed by atoms with E-state index in [4.69, 9.17) is 0 Å². The molecule has 0 amide bonds. The van der Waals surface area contributed by atoms with Crippen LogP contribution in [0.4, 0.5) is 26.3 Å². The summed E-state index contributed by atoms with van der Waals surface area (Å²) >= 11 is 0. The van der Waals surface area contributed by atoms with Gasteiger partial charge in [-0.3, -0.25) is 0 Å². The summed E-state index contributed by atoms with van der Waals surface area (Å²) in [6.07, 6.45) is -8.21. The zero-order valence-corrected chi connectivity index (χ0v) is 10.7. The van der Waals surface area contributed by atoms with Crippen LogP contribution in [0.2, 0.25) is 0 Å². The molecule has 3 fully saturated rings. The molecule has 7 heteroatoms. The van der Waals surface area contributed by atoms with Crippen molar-refractivity contribution in [1.29, 1.82) is 0 Å². The van der Waals surface area contributed by atoms with Gasteiger partial charge in [0.1, 0.15) is 0 Å². The molecule has 1 N–H and O–H groups in total. The van der Waals surface area contributed by atoms with Gasteiger partial charge in [0.05, 0.1) is 16.7 Å². The molecule has 2 bridgehead atoms. The molecule has 1 aromatic rings. The van der Waals surface area contributed by atoms with Crippen LogP contribution in [-0.4, -0.2) is 5.11 Å². The van der Waals surface area contributed by atoms with Crippen molar-refractivity contribution in [2.45, 2.75) is 37.2 Å². The third-order valence-corrected chi connectivity index (χ3v) is 4.60. The van der Waals surface area contributed by atoms with Gasteiger partial charge < -0.3 is 5.11 Å². The zero-order chi connectivity index (χ0) is 15.6. The van der Waals surface area contributed by atoms with E-state index in [2.05, 4.69) is 0 Å². The molecule has 4 rings (SSSR count). The number of rotatable bonds is 1. The summed E-state index contributed by atoms with van der Waals surface area (Å²) < 4.78 is 76.8. The Bertz CT molecular complexity index is 538. The SMILES string of the molecule is OC1(c2cc(C(F)(F)F)cc(C(F)(F)F)c2)CC2CC1C2. The molecule has 1 aromatic carbocycles. The van der Waals surface area contributed by atoms with Crippen LogP contribution < -0.4 is 0 Å². The lowest BCUT2D eigenvalue weighted by Crippen LogP contribution is -2.30. The summed E-state index contributed by atoms with van der Waals surface area (Å²) in [6, 6.07) is 1.39. The number of hydrogen-bond donors (Lipinski definition) is 1. The largest absolute Gasteiger partial charge is 0.416 e. The molecule has 0 saturated heterocycles. The van der Waals surface area contributed by atoms with E-state index < -0.39 is 29.1 Å². The Morgan fingerprint density at radius 2 is 1.38 bits per heavy atom. The Labute approximate surface area is 116 Å². The molecule has 0 heterocycles. The van der Waals surface area contributed by atoms with Crippen molar-refractivity contribution in [3.8, 4) is 0 Å². The fourth-order valence-corrected chi connectivity index (χ4v) is 3.46. The van der Waals surface area contributed by atoms with Crippen LogP contribution >= 0.6 is 0 Å². The van der Waals surface area contributed by atoms with Crippen molar-refractivity contribution >= 4 is 0 Å². The highest BCUT2D eigenvalue weighted by Crippen LogP contribution is 2.59. The molecule has 3 aliphatic rings. The molecule has 1 atom stereocenters. The number of hydrogen-bond acceptors (Lipinski definition) is 1. The van der Waals surface area contributed by atoms with E-state index in [1.165, 1.54) is 0 Å². The fraction of sp³-hybridized carbons (Fsp3) is 0.571. The quantitative estimate of drug-likeness (QED) is 0.765. The van der Waals surface area contributed by atoms with E-state index >= 15 is 0 Å². The van der Waals surface area contributed by atoms with Crippen LogP contribution in [0.5, 0.6) is 0 Å². The van der Waals surface area contributed by atoms with E-state index in [1.54, 1.807) is 0 Å². The van der Waals surface area contributed by atoms with E-state index in [0.717, 1.165) is 0 Å². The van der Waals surface area contributed by atoms with Gasteiger partial charge >= 0.3 is 12.4 Å². The van der Waals surface area contributed by atoms with Crippen molar-refractivity contribution in [3.05, 3.63) is 34.9 Å². The standard InChI is InChI=1S/C14H12F6O/c15-13(16,17)10-3-9(4-11(5-10)14(18,19)20)12(21)6-7-1-8(12)2-7/h3-5,7-8,21H,1-2,6H2. The van der Waals surface area contributed by atoms with E-state index in [1.807, 2.05) is 0 Å². The van der Waals surface area contributed by atoms with Crippen molar-refractivity contribution in [2.75, 3.05) is 0 Å². The maximum Gasteiger partial charge on any atom is 0.416 e. The zero-order valence-electron chi connectivity index (χ0n) is 10.7. The molecule has 0 aliphatic heterocycles. The third-order valence-electron chi connectivity index (χ3n) is 4.60. The summed E-state index contributed by atoms with van der Waals surface area (Å²) in [5.74, 6) is -0.0454. The van der Waals surface area contributed by atoms with Gasteiger partial charge in [-0.25, -0.2) is 0 Å². The van der Waals surface area contributed by atoms with E-state index in [0.29, 0.717) is 25.0 Å². The normalized spacial score (nSPS) is 32.1. The molecule has 3 saturated carbocycles. The third kappa shape index (κ3) is 2.31. The van der Waals surface area contributed by atoms with Gasteiger partial charge in [0.15, 0.2) is 0 Å². The molecule has 0 radical (unpaired) electrons. The van der Waals surface area contributed by atoms with Crippen molar-refractivity contribution in [3.63, 3.8) is 0 Å². The Balaban J connectivity index is 2.12. The number of alkyl halides is 6. The summed E-state index contributed by atoms with van der Waals surface area (Å²) in [4.78, 5) is 0. The Hall–Kier alpha value is -1.24. The number of aliphatic hydroxyl groups is 1. The first-order chi connectivity index (χ1) is 9.50. The smallest absolute Gasteiger partial charge is 0.385 e. The number of benzene rings is 1. The second-order valence-corrected chi connectivity index (χ2v) is 5.96. The lowest BCUT2D eigenvalue weighted by molar-refractivity contribution is -0.143. The molecular formula is C14H12F6O. The van der Waals surface area contributed by atoms with Gasteiger partial charge in [-0.1, -0.05) is 0 Å². The van der Waals surface area contributed by atoms with Gasteiger partial charge in [-0.2, -0.15) is 26.3 Å². The first-order valence-corrected chi connectivity index (χ1v) is 6.52. The maximum absolute atomic E-state index is 12.8. The average Bonchev–Trinajstić information content (AvgIpc) is 2.79. The second kappa shape index (κ2) is 4.15.